The van der Waals surface area contributed by atoms with E-state index in [0.717, 1.165) is 12.1 Å². The maximum absolute atomic E-state index is 13.1. The van der Waals surface area contributed by atoms with Crippen molar-refractivity contribution < 1.29 is 17.6 Å². The van der Waals surface area contributed by atoms with E-state index in [1.807, 2.05) is 0 Å². The van der Waals surface area contributed by atoms with Crippen molar-refractivity contribution in [3.63, 3.8) is 0 Å². The molecule has 0 bridgehead atoms. The molecule has 0 aliphatic carbocycles. The van der Waals surface area contributed by atoms with Crippen molar-refractivity contribution in [3.05, 3.63) is 41.5 Å². The highest BCUT2D eigenvalue weighted by molar-refractivity contribution is 5.62. The molecular weight excluding hydrogens is 276 g/mol. The van der Waals surface area contributed by atoms with E-state index in [4.69, 9.17) is 5.73 Å². The Morgan fingerprint density at radius 3 is 2.50 bits per heavy atom. The van der Waals surface area contributed by atoms with Gasteiger partial charge < -0.3 is 11.1 Å². The Bertz CT molecular complexity index is 640. The van der Waals surface area contributed by atoms with Gasteiger partial charge in [-0.2, -0.15) is 13.2 Å². The number of nitrogens with zero attached hydrogens (tertiary/aromatic N) is 2. The van der Waals surface area contributed by atoms with Crippen molar-refractivity contribution in [1.82, 2.24) is 9.97 Å². The minimum Gasteiger partial charge on any atom is -0.384 e. The molecule has 4 nitrogen and oxygen atoms in total. The predicted octanol–water partition coefficient (Wildman–Crippen LogP) is 3.27. The first-order chi connectivity index (χ1) is 9.25. The molecule has 3 N–H and O–H groups in total. The predicted molar refractivity (Wildman–Crippen MR) is 65.9 cm³/mol. The number of aromatic nitrogens is 2. The highest BCUT2D eigenvalue weighted by Gasteiger charge is 2.35. The topological polar surface area (TPSA) is 63.8 Å². The largest absolute Gasteiger partial charge is 0.451 e. The Hall–Kier alpha value is -2.38. The molecule has 106 valence electrons. The van der Waals surface area contributed by atoms with Crippen LogP contribution in [0.3, 0.4) is 0 Å². The van der Waals surface area contributed by atoms with E-state index >= 15 is 0 Å². The molecule has 0 aliphatic rings. The number of hydrogen-bond acceptors (Lipinski definition) is 4. The second-order valence-corrected chi connectivity index (χ2v) is 4.08. The van der Waals surface area contributed by atoms with Crippen LogP contribution in [0.15, 0.2) is 24.3 Å². The molecule has 0 unspecified atom stereocenters. The van der Waals surface area contributed by atoms with Crippen LogP contribution in [-0.4, -0.2) is 9.97 Å². The zero-order valence-electron chi connectivity index (χ0n) is 10.3. The van der Waals surface area contributed by atoms with Gasteiger partial charge >= 0.3 is 6.18 Å². The standard InChI is InChI=1S/C12H10F4N4/c1-6-2-3-7(13)4-8(6)18-10-5-9(17)19-11(20-10)12(14,15)16/h2-5H,1H3,(H3,17,18,19,20). The average Bonchev–Trinajstić information content (AvgIpc) is 2.32. The molecule has 0 amide bonds. The number of nitrogen functional groups attached to an aromatic ring is 1. The van der Waals surface area contributed by atoms with Crippen molar-refractivity contribution >= 4 is 17.3 Å². The Kier molecular flexibility index (Phi) is 3.47. The first-order valence-electron chi connectivity index (χ1n) is 5.50. The van der Waals surface area contributed by atoms with Gasteiger partial charge in [-0.3, -0.25) is 0 Å². The SMILES string of the molecule is Cc1ccc(F)cc1Nc1cc(N)nc(C(F)(F)F)n1. The first-order valence-corrected chi connectivity index (χ1v) is 5.50. The smallest absolute Gasteiger partial charge is 0.384 e. The minimum absolute atomic E-state index is 0.154. The van der Waals surface area contributed by atoms with E-state index in [2.05, 4.69) is 15.3 Å². The first kappa shape index (κ1) is 14.0. The van der Waals surface area contributed by atoms with Gasteiger partial charge in [0.1, 0.15) is 17.5 Å². The van der Waals surface area contributed by atoms with Crippen LogP contribution in [0.4, 0.5) is 34.9 Å². The summed E-state index contributed by atoms with van der Waals surface area (Å²) in [4.78, 5) is 6.44. The molecule has 0 radical (unpaired) electrons. The third-order valence-corrected chi connectivity index (χ3v) is 2.46. The van der Waals surface area contributed by atoms with Gasteiger partial charge in [0.2, 0.25) is 5.82 Å². The molecule has 1 aromatic carbocycles. The fraction of sp³-hybridized carbons (Fsp3) is 0.167. The fourth-order valence-electron chi connectivity index (χ4n) is 1.52. The van der Waals surface area contributed by atoms with E-state index in [0.29, 0.717) is 11.3 Å². The van der Waals surface area contributed by atoms with Crippen molar-refractivity contribution in [2.75, 3.05) is 11.1 Å². The molecule has 0 atom stereocenters. The monoisotopic (exact) mass is 286 g/mol. The van der Waals surface area contributed by atoms with Crippen molar-refractivity contribution in [2.24, 2.45) is 0 Å². The van der Waals surface area contributed by atoms with Crippen LogP contribution < -0.4 is 11.1 Å². The van der Waals surface area contributed by atoms with Crippen molar-refractivity contribution in [2.45, 2.75) is 13.1 Å². The number of aryl methyl sites for hydroxylation is 1. The molecule has 0 aliphatic heterocycles. The highest BCUT2D eigenvalue weighted by atomic mass is 19.4. The quantitative estimate of drug-likeness (QED) is 0.832. The molecule has 1 aromatic heterocycles. The van der Waals surface area contributed by atoms with Gasteiger partial charge in [-0.1, -0.05) is 6.07 Å². The van der Waals surface area contributed by atoms with Crippen LogP contribution in [0, 0.1) is 12.7 Å². The number of nitrogens with one attached hydrogen (secondary N) is 1. The Morgan fingerprint density at radius 1 is 1.15 bits per heavy atom. The third kappa shape index (κ3) is 3.14. The zero-order chi connectivity index (χ0) is 14.9. The van der Waals surface area contributed by atoms with E-state index in [9.17, 15) is 17.6 Å². The summed E-state index contributed by atoms with van der Waals surface area (Å²) in [6.45, 7) is 1.68. The number of rotatable bonds is 2. The maximum Gasteiger partial charge on any atom is 0.451 e. The summed E-state index contributed by atoms with van der Waals surface area (Å²) in [7, 11) is 0. The molecule has 20 heavy (non-hydrogen) atoms. The van der Waals surface area contributed by atoms with Gasteiger partial charge in [0.25, 0.3) is 0 Å². The van der Waals surface area contributed by atoms with Crippen molar-refractivity contribution in [1.29, 1.82) is 0 Å². The van der Waals surface area contributed by atoms with Gasteiger partial charge in [0.15, 0.2) is 0 Å². The lowest BCUT2D eigenvalue weighted by atomic mass is 10.2. The lowest BCUT2D eigenvalue weighted by Gasteiger charge is -2.11. The van der Waals surface area contributed by atoms with E-state index in [1.54, 1.807) is 6.92 Å². The van der Waals surface area contributed by atoms with Crippen LogP contribution >= 0.6 is 0 Å². The Morgan fingerprint density at radius 2 is 1.85 bits per heavy atom. The molecule has 0 spiro atoms. The number of alkyl halides is 3. The summed E-state index contributed by atoms with van der Waals surface area (Å²) < 4.78 is 50.8. The van der Waals surface area contributed by atoms with E-state index in [-0.39, 0.29) is 11.6 Å². The van der Waals surface area contributed by atoms with Gasteiger partial charge in [-0.15, -0.1) is 0 Å². The highest BCUT2D eigenvalue weighted by Crippen LogP contribution is 2.29. The molecule has 1 heterocycles. The van der Waals surface area contributed by atoms with Gasteiger partial charge in [0.05, 0.1) is 0 Å². The van der Waals surface area contributed by atoms with Crippen LogP contribution in [0.5, 0.6) is 0 Å². The average molecular weight is 286 g/mol. The minimum atomic E-state index is -4.71. The Balaban J connectivity index is 2.39. The number of anilines is 3. The number of halogens is 4. The van der Waals surface area contributed by atoms with Crippen LogP contribution in [-0.2, 0) is 6.18 Å². The normalized spacial score (nSPS) is 11.4. The van der Waals surface area contributed by atoms with E-state index in [1.165, 1.54) is 12.1 Å². The molecule has 0 saturated carbocycles. The zero-order valence-corrected chi connectivity index (χ0v) is 10.3. The summed E-state index contributed by atoms with van der Waals surface area (Å²) in [5.74, 6) is -2.35. The van der Waals surface area contributed by atoms with Crippen LogP contribution in [0.2, 0.25) is 0 Å². The van der Waals surface area contributed by atoms with Gasteiger partial charge in [0, 0.05) is 11.8 Å². The molecule has 8 heteroatoms. The fourth-order valence-corrected chi connectivity index (χ4v) is 1.52. The van der Waals surface area contributed by atoms with Crippen LogP contribution in [0.25, 0.3) is 0 Å². The van der Waals surface area contributed by atoms with Gasteiger partial charge in [-0.25, -0.2) is 14.4 Å². The van der Waals surface area contributed by atoms with Crippen LogP contribution in [0.1, 0.15) is 11.4 Å². The molecule has 2 rings (SSSR count). The summed E-state index contributed by atoms with van der Waals surface area (Å²) in [5.41, 5.74) is 6.26. The lowest BCUT2D eigenvalue weighted by molar-refractivity contribution is -0.144. The number of nitrogens with two attached hydrogens (primary N) is 1. The molecular formula is C12H10F4N4. The second-order valence-electron chi connectivity index (χ2n) is 4.08. The Labute approximate surface area is 111 Å². The summed E-state index contributed by atoms with van der Waals surface area (Å²) in [5, 5.41) is 2.60. The number of benzene rings is 1. The van der Waals surface area contributed by atoms with E-state index < -0.39 is 17.8 Å². The second kappa shape index (κ2) is 4.95. The van der Waals surface area contributed by atoms with Gasteiger partial charge in [-0.05, 0) is 24.6 Å². The molecule has 2 aromatic rings. The number of hydrogen-bond donors (Lipinski definition) is 2. The summed E-state index contributed by atoms with van der Waals surface area (Å²) >= 11 is 0. The summed E-state index contributed by atoms with van der Waals surface area (Å²) in [6.07, 6.45) is -4.71. The molecule has 0 saturated heterocycles. The summed E-state index contributed by atoms with van der Waals surface area (Å²) in [6, 6.07) is 5.03. The van der Waals surface area contributed by atoms with Crippen molar-refractivity contribution in [3.8, 4) is 0 Å². The third-order valence-electron chi connectivity index (χ3n) is 2.46. The maximum atomic E-state index is 13.1. The molecule has 0 fully saturated rings. The lowest BCUT2D eigenvalue weighted by Crippen LogP contribution is -2.13.